The van der Waals surface area contributed by atoms with Crippen molar-refractivity contribution >= 4 is 87.2 Å². The Balaban J connectivity index is 1.10. The zero-order valence-corrected chi connectivity index (χ0v) is 31.7. The summed E-state index contributed by atoms with van der Waals surface area (Å²) in [6.45, 7) is 0. The average Bonchev–Trinajstić information content (AvgIpc) is 3.95. The number of furan rings is 1. The molecule has 9 aromatic carbocycles. The van der Waals surface area contributed by atoms with Crippen LogP contribution in [0.5, 0.6) is 0 Å². The topological polar surface area (TPSA) is 48.8 Å². The molecule has 0 spiro atoms. The molecule has 13 aromatic rings. The molecule has 0 aliphatic rings. The molecular weight excluding hydrogens is 721 g/mol. The molecule has 0 aliphatic carbocycles. The molecule has 0 bridgehead atoms. The summed E-state index contributed by atoms with van der Waals surface area (Å²) in [4.78, 5) is 10.3. The molecule has 0 amide bonds. The summed E-state index contributed by atoms with van der Waals surface area (Å²) in [5, 5.41) is 10.5. The van der Waals surface area contributed by atoms with Gasteiger partial charge in [0.15, 0.2) is 5.82 Å². The van der Waals surface area contributed by atoms with Crippen LogP contribution in [0.25, 0.3) is 121 Å². The van der Waals surface area contributed by atoms with Crippen molar-refractivity contribution in [1.82, 2.24) is 19.1 Å². The Morgan fingerprint density at radius 3 is 2.00 bits per heavy atom. The van der Waals surface area contributed by atoms with Crippen LogP contribution in [-0.4, -0.2) is 19.1 Å². The second-order valence-electron chi connectivity index (χ2n) is 15.3. The largest absolute Gasteiger partial charge is 0.456 e. The van der Waals surface area contributed by atoms with E-state index >= 15 is 0 Å². The van der Waals surface area contributed by atoms with Crippen molar-refractivity contribution in [3.8, 4) is 34.0 Å². The molecule has 0 saturated heterocycles. The van der Waals surface area contributed by atoms with E-state index in [1.54, 1.807) is 0 Å². The molecule has 13 rings (SSSR count). The number of hydrogen-bond acceptors (Lipinski definition) is 3. The first-order valence-electron chi connectivity index (χ1n) is 20.0. The monoisotopic (exact) mass is 752 g/mol. The van der Waals surface area contributed by atoms with Gasteiger partial charge in [-0.05, 0) is 66.0 Å². The van der Waals surface area contributed by atoms with Gasteiger partial charge in [-0.3, -0.25) is 0 Å². The number of aromatic nitrogens is 4. The summed E-state index contributed by atoms with van der Waals surface area (Å²) >= 11 is 0. The van der Waals surface area contributed by atoms with Gasteiger partial charge < -0.3 is 13.6 Å². The smallest absolute Gasteiger partial charge is 0.160 e. The lowest BCUT2D eigenvalue weighted by atomic mass is 10.1. The van der Waals surface area contributed by atoms with E-state index in [0.717, 1.165) is 77.6 Å². The normalized spacial score (nSPS) is 12.1. The maximum Gasteiger partial charge on any atom is 0.160 e. The Labute approximate surface area is 337 Å². The third-order valence-electron chi connectivity index (χ3n) is 12.1. The van der Waals surface area contributed by atoms with Gasteiger partial charge >= 0.3 is 0 Å². The number of rotatable bonds is 4. The molecule has 0 atom stereocenters. The second kappa shape index (κ2) is 12.2. The highest BCUT2D eigenvalue weighted by Gasteiger charge is 2.23. The minimum Gasteiger partial charge on any atom is -0.456 e. The number of para-hydroxylation sites is 3. The van der Waals surface area contributed by atoms with Gasteiger partial charge in [-0.25, -0.2) is 9.97 Å². The van der Waals surface area contributed by atoms with Crippen LogP contribution in [0.1, 0.15) is 0 Å². The quantitative estimate of drug-likeness (QED) is 0.180. The van der Waals surface area contributed by atoms with Crippen molar-refractivity contribution in [3.05, 3.63) is 194 Å². The molecule has 0 fully saturated rings. The van der Waals surface area contributed by atoms with E-state index in [1.165, 1.54) is 37.8 Å². The summed E-state index contributed by atoms with van der Waals surface area (Å²) < 4.78 is 11.4. The van der Waals surface area contributed by atoms with Crippen LogP contribution in [0.15, 0.2) is 199 Å². The van der Waals surface area contributed by atoms with Gasteiger partial charge in [0.1, 0.15) is 11.2 Å². The van der Waals surface area contributed by atoms with Gasteiger partial charge in [0.25, 0.3) is 0 Å². The Morgan fingerprint density at radius 1 is 0.390 bits per heavy atom. The van der Waals surface area contributed by atoms with E-state index < -0.39 is 0 Å². The highest BCUT2D eigenvalue weighted by atomic mass is 16.3. The third-order valence-corrected chi connectivity index (χ3v) is 12.1. The van der Waals surface area contributed by atoms with Gasteiger partial charge in [0.05, 0.1) is 39.0 Å². The van der Waals surface area contributed by atoms with E-state index in [9.17, 15) is 0 Å². The highest BCUT2D eigenvalue weighted by Crippen LogP contribution is 2.45. The predicted molar refractivity (Wildman–Crippen MR) is 244 cm³/mol. The minimum atomic E-state index is 0.695. The van der Waals surface area contributed by atoms with Crippen LogP contribution >= 0.6 is 0 Å². The van der Waals surface area contributed by atoms with Gasteiger partial charge in [0, 0.05) is 66.0 Å². The average molecular weight is 753 g/mol. The van der Waals surface area contributed by atoms with Gasteiger partial charge in [-0.2, -0.15) is 0 Å². The van der Waals surface area contributed by atoms with Gasteiger partial charge in [-0.15, -0.1) is 0 Å². The molecule has 0 unspecified atom stereocenters. The van der Waals surface area contributed by atoms with Crippen molar-refractivity contribution in [2.45, 2.75) is 0 Å². The highest BCUT2D eigenvalue weighted by molar-refractivity contribution is 6.28. The van der Waals surface area contributed by atoms with Crippen LogP contribution < -0.4 is 0 Å². The van der Waals surface area contributed by atoms with E-state index in [4.69, 9.17) is 14.4 Å². The summed E-state index contributed by atoms with van der Waals surface area (Å²) in [5.41, 5.74) is 12.4. The van der Waals surface area contributed by atoms with Crippen LogP contribution in [-0.2, 0) is 0 Å². The predicted octanol–water partition coefficient (Wildman–Crippen LogP) is 14.2. The standard InChI is InChI=1S/C54H32N4O/c1-2-14-34(15-3-1)52-40-19-6-9-21-44(40)55-54(56-52)35-25-27-36(28-26-35)57-48-32-50-43(38-18-8-11-24-49(38)59-50)31-42(48)39-29-30-47-51(53(39)57)41-20-7-10-22-46(41)58(47)45-23-12-16-33-13-4-5-17-37(33)45/h1-32H. The van der Waals surface area contributed by atoms with Crippen molar-refractivity contribution in [3.63, 3.8) is 0 Å². The van der Waals surface area contributed by atoms with E-state index in [-0.39, 0.29) is 0 Å². The Morgan fingerprint density at radius 2 is 1.12 bits per heavy atom. The van der Waals surface area contributed by atoms with Crippen molar-refractivity contribution in [1.29, 1.82) is 0 Å². The van der Waals surface area contributed by atoms with E-state index in [2.05, 4.69) is 179 Å². The molecular formula is C54H32N4O. The Kier molecular flexibility index (Phi) is 6.66. The molecule has 0 saturated carbocycles. The third kappa shape index (κ3) is 4.67. The first-order chi connectivity index (χ1) is 29.3. The maximum absolute atomic E-state index is 6.53. The fourth-order valence-electron chi connectivity index (χ4n) is 9.49. The van der Waals surface area contributed by atoms with Crippen LogP contribution in [0.3, 0.4) is 0 Å². The lowest BCUT2D eigenvalue weighted by Gasteiger charge is -2.13. The summed E-state index contributed by atoms with van der Waals surface area (Å²) in [5.74, 6) is 0.695. The van der Waals surface area contributed by atoms with Gasteiger partial charge in [0.2, 0.25) is 0 Å². The lowest BCUT2D eigenvalue weighted by molar-refractivity contribution is 0.669. The SMILES string of the molecule is c1ccc(-c2nc(-c3ccc(-n4c5cc6oc7ccccc7c6cc5c5ccc6c(c7ccccc7n6-c6cccc7ccccc67)c54)cc3)nc3ccccc23)cc1. The fourth-order valence-corrected chi connectivity index (χ4v) is 9.49. The number of fused-ring (bicyclic) bond motifs is 12. The van der Waals surface area contributed by atoms with E-state index in [0.29, 0.717) is 5.82 Å². The fraction of sp³-hybridized carbons (Fsp3) is 0. The van der Waals surface area contributed by atoms with Gasteiger partial charge in [-0.1, -0.05) is 127 Å². The lowest BCUT2D eigenvalue weighted by Crippen LogP contribution is -1.97. The summed E-state index contributed by atoms with van der Waals surface area (Å²) in [6, 6.07) is 68.9. The molecule has 0 aliphatic heterocycles. The molecule has 59 heavy (non-hydrogen) atoms. The number of benzene rings is 9. The molecule has 4 aromatic heterocycles. The molecule has 0 N–H and O–H groups in total. The van der Waals surface area contributed by atoms with Crippen LogP contribution in [0.2, 0.25) is 0 Å². The zero-order valence-electron chi connectivity index (χ0n) is 31.7. The van der Waals surface area contributed by atoms with Crippen molar-refractivity contribution in [2.75, 3.05) is 0 Å². The first-order valence-corrected chi connectivity index (χ1v) is 20.0. The van der Waals surface area contributed by atoms with E-state index in [1.807, 2.05) is 24.3 Å². The number of hydrogen-bond donors (Lipinski definition) is 0. The second-order valence-corrected chi connectivity index (χ2v) is 15.3. The summed E-state index contributed by atoms with van der Waals surface area (Å²) in [7, 11) is 0. The first kappa shape index (κ1) is 32.1. The maximum atomic E-state index is 6.53. The summed E-state index contributed by atoms with van der Waals surface area (Å²) in [6.07, 6.45) is 0. The number of nitrogens with zero attached hydrogens (tertiary/aromatic N) is 4. The van der Waals surface area contributed by atoms with Crippen molar-refractivity contribution in [2.24, 2.45) is 0 Å². The van der Waals surface area contributed by atoms with Crippen LogP contribution in [0, 0.1) is 0 Å². The molecule has 5 heteroatoms. The molecule has 4 heterocycles. The minimum absolute atomic E-state index is 0.695. The molecule has 5 nitrogen and oxygen atoms in total. The van der Waals surface area contributed by atoms with Crippen molar-refractivity contribution < 1.29 is 4.42 Å². The molecule has 274 valence electrons. The van der Waals surface area contributed by atoms with Crippen LogP contribution in [0.4, 0.5) is 0 Å². The Hall–Kier alpha value is -8.02. The molecule has 0 radical (unpaired) electrons. The Bertz CT molecular complexity index is 3830. The zero-order chi connectivity index (χ0) is 38.6.